The maximum absolute atomic E-state index is 13.7. The molecule has 1 fully saturated rings. The molecule has 19 heavy (non-hydrogen) atoms. The fourth-order valence-corrected chi connectivity index (χ4v) is 2.57. The summed E-state index contributed by atoms with van der Waals surface area (Å²) in [5, 5.41) is 18.6. The molecular weight excluding hydrogens is 249 g/mol. The second kappa shape index (κ2) is 5.45. The normalized spacial score (nSPS) is 22.6. The lowest BCUT2D eigenvalue weighted by molar-refractivity contribution is -0.101. The van der Waals surface area contributed by atoms with Gasteiger partial charge in [0, 0.05) is 24.3 Å². The number of benzene rings is 1. The van der Waals surface area contributed by atoms with Gasteiger partial charge in [0.15, 0.2) is 0 Å². The predicted molar refractivity (Wildman–Crippen MR) is 70.6 cm³/mol. The van der Waals surface area contributed by atoms with Gasteiger partial charge in [-0.1, -0.05) is 6.07 Å². The number of aliphatic hydroxyl groups is 2. The van der Waals surface area contributed by atoms with Crippen LogP contribution in [0.15, 0.2) is 18.2 Å². The van der Waals surface area contributed by atoms with Gasteiger partial charge in [-0.15, -0.1) is 0 Å². The Bertz CT molecular complexity index is 450. The summed E-state index contributed by atoms with van der Waals surface area (Å²) in [5.41, 5.74) is 0.527. The van der Waals surface area contributed by atoms with Crippen molar-refractivity contribution in [3.63, 3.8) is 0 Å². The lowest BCUT2D eigenvalue weighted by atomic mass is 10.0. The first-order valence-corrected chi connectivity index (χ1v) is 6.38. The Hall–Kier alpha value is -1.17. The van der Waals surface area contributed by atoms with E-state index in [1.165, 1.54) is 6.07 Å². The van der Waals surface area contributed by atoms with Crippen molar-refractivity contribution < 1.29 is 19.3 Å². The molecule has 0 saturated carbocycles. The average Bonchev–Trinajstić information content (AvgIpc) is 2.36. The van der Waals surface area contributed by atoms with Crippen LogP contribution in [0.3, 0.4) is 0 Å². The molecule has 0 aliphatic carbocycles. The van der Waals surface area contributed by atoms with E-state index in [2.05, 4.69) is 0 Å². The van der Waals surface area contributed by atoms with Crippen molar-refractivity contribution in [3.05, 3.63) is 29.6 Å². The number of hydrogen-bond donors (Lipinski definition) is 2. The summed E-state index contributed by atoms with van der Waals surface area (Å²) in [6, 6.07) is 4.74. The van der Waals surface area contributed by atoms with E-state index in [-0.39, 0.29) is 24.9 Å². The largest absolute Gasteiger partial charge is 0.394 e. The number of halogens is 1. The quantitative estimate of drug-likeness (QED) is 0.868. The maximum atomic E-state index is 13.7. The average molecular weight is 269 g/mol. The fourth-order valence-electron chi connectivity index (χ4n) is 2.57. The molecule has 1 aliphatic heterocycles. The molecule has 5 heteroatoms. The second-order valence-electron chi connectivity index (χ2n) is 5.46. The van der Waals surface area contributed by atoms with E-state index >= 15 is 0 Å². The van der Waals surface area contributed by atoms with Crippen molar-refractivity contribution in [1.29, 1.82) is 0 Å². The molecule has 1 aromatic rings. The standard InChI is InChI=1S/C14H20FNO3/c1-14(2)9-16(6-10(7-17)19-14)13-5-3-4-12(15)11(13)8-18/h3-5,10,17-18H,6-9H2,1-2H3. The van der Waals surface area contributed by atoms with Crippen molar-refractivity contribution in [1.82, 2.24) is 0 Å². The molecule has 1 saturated heterocycles. The lowest BCUT2D eigenvalue weighted by Gasteiger charge is -2.44. The zero-order valence-electron chi connectivity index (χ0n) is 11.3. The number of nitrogens with zero attached hydrogens (tertiary/aromatic N) is 1. The molecular formula is C14H20FNO3. The minimum absolute atomic E-state index is 0.0797. The fraction of sp³-hybridized carbons (Fsp3) is 0.571. The van der Waals surface area contributed by atoms with Crippen LogP contribution in [0.25, 0.3) is 0 Å². The van der Waals surface area contributed by atoms with Crippen LogP contribution < -0.4 is 4.90 Å². The van der Waals surface area contributed by atoms with Gasteiger partial charge in [0.25, 0.3) is 0 Å². The first-order valence-electron chi connectivity index (χ1n) is 6.38. The highest BCUT2D eigenvalue weighted by atomic mass is 19.1. The Kier molecular flexibility index (Phi) is 4.08. The summed E-state index contributed by atoms with van der Waals surface area (Å²) in [5.74, 6) is -0.412. The van der Waals surface area contributed by atoms with Crippen LogP contribution in [0.5, 0.6) is 0 Å². The number of morpholine rings is 1. The molecule has 1 aliphatic rings. The molecule has 2 rings (SSSR count). The summed E-state index contributed by atoms with van der Waals surface area (Å²) in [4.78, 5) is 1.96. The van der Waals surface area contributed by atoms with Crippen LogP contribution in [0.1, 0.15) is 19.4 Å². The molecule has 0 amide bonds. The molecule has 4 nitrogen and oxygen atoms in total. The van der Waals surface area contributed by atoms with Crippen LogP contribution >= 0.6 is 0 Å². The van der Waals surface area contributed by atoms with E-state index in [0.717, 1.165) is 0 Å². The number of ether oxygens (including phenoxy) is 1. The van der Waals surface area contributed by atoms with Crippen LogP contribution in [0, 0.1) is 5.82 Å². The first-order chi connectivity index (χ1) is 8.96. The van der Waals surface area contributed by atoms with Crippen molar-refractivity contribution in [2.24, 2.45) is 0 Å². The summed E-state index contributed by atoms with van der Waals surface area (Å²) in [6.07, 6.45) is -0.307. The van der Waals surface area contributed by atoms with E-state index in [4.69, 9.17) is 4.74 Å². The summed E-state index contributed by atoms with van der Waals surface area (Å²) >= 11 is 0. The molecule has 0 aromatic heterocycles. The molecule has 1 atom stereocenters. The van der Waals surface area contributed by atoms with Crippen molar-refractivity contribution in [2.45, 2.75) is 32.2 Å². The minimum Gasteiger partial charge on any atom is -0.394 e. The van der Waals surface area contributed by atoms with Crippen molar-refractivity contribution >= 4 is 5.69 Å². The molecule has 1 aromatic carbocycles. The number of hydrogen-bond acceptors (Lipinski definition) is 4. The van der Waals surface area contributed by atoms with Gasteiger partial charge < -0.3 is 19.8 Å². The van der Waals surface area contributed by atoms with E-state index in [1.54, 1.807) is 12.1 Å². The third kappa shape index (κ3) is 3.05. The van der Waals surface area contributed by atoms with Crippen molar-refractivity contribution in [2.75, 3.05) is 24.6 Å². The summed E-state index contributed by atoms with van der Waals surface area (Å²) < 4.78 is 19.4. The third-order valence-electron chi connectivity index (χ3n) is 3.28. The summed E-state index contributed by atoms with van der Waals surface area (Å²) in [6.45, 7) is 4.50. The van der Waals surface area contributed by atoms with E-state index < -0.39 is 11.4 Å². The van der Waals surface area contributed by atoms with Gasteiger partial charge in [-0.25, -0.2) is 4.39 Å². The van der Waals surface area contributed by atoms with E-state index in [0.29, 0.717) is 18.8 Å². The highest BCUT2D eigenvalue weighted by molar-refractivity contribution is 5.54. The van der Waals surface area contributed by atoms with Gasteiger partial charge in [0.05, 0.1) is 24.9 Å². The first kappa shape index (κ1) is 14.2. The maximum Gasteiger partial charge on any atom is 0.130 e. The van der Waals surface area contributed by atoms with Crippen LogP contribution in [0.2, 0.25) is 0 Å². The third-order valence-corrected chi connectivity index (χ3v) is 3.28. The monoisotopic (exact) mass is 269 g/mol. The van der Waals surface area contributed by atoms with Crippen LogP contribution in [-0.2, 0) is 11.3 Å². The number of anilines is 1. The molecule has 2 N–H and O–H groups in total. The Balaban J connectivity index is 2.33. The van der Waals surface area contributed by atoms with Gasteiger partial charge in [-0.05, 0) is 26.0 Å². The van der Waals surface area contributed by atoms with E-state index in [1.807, 2.05) is 18.7 Å². The highest BCUT2D eigenvalue weighted by Crippen LogP contribution is 2.29. The Morgan fingerprint density at radius 1 is 1.42 bits per heavy atom. The SMILES string of the molecule is CC1(C)CN(c2cccc(F)c2CO)CC(CO)O1. The smallest absolute Gasteiger partial charge is 0.130 e. The zero-order valence-corrected chi connectivity index (χ0v) is 11.3. The van der Waals surface area contributed by atoms with Gasteiger partial charge in [0.2, 0.25) is 0 Å². The molecule has 0 spiro atoms. The van der Waals surface area contributed by atoms with Gasteiger partial charge in [0.1, 0.15) is 5.82 Å². The zero-order chi connectivity index (χ0) is 14.0. The Labute approximate surface area is 112 Å². The molecule has 1 heterocycles. The van der Waals surface area contributed by atoms with Gasteiger partial charge in [-0.3, -0.25) is 0 Å². The van der Waals surface area contributed by atoms with Crippen molar-refractivity contribution in [3.8, 4) is 0 Å². The molecule has 1 unspecified atom stereocenters. The Morgan fingerprint density at radius 2 is 2.16 bits per heavy atom. The topological polar surface area (TPSA) is 52.9 Å². The molecule has 106 valence electrons. The second-order valence-corrected chi connectivity index (χ2v) is 5.46. The van der Waals surface area contributed by atoms with Gasteiger partial charge in [-0.2, -0.15) is 0 Å². The number of aliphatic hydroxyl groups excluding tert-OH is 2. The Morgan fingerprint density at radius 3 is 2.79 bits per heavy atom. The lowest BCUT2D eigenvalue weighted by Crippen LogP contribution is -2.54. The van der Waals surface area contributed by atoms with Crippen LogP contribution in [0.4, 0.5) is 10.1 Å². The van der Waals surface area contributed by atoms with E-state index in [9.17, 15) is 14.6 Å². The molecule has 0 bridgehead atoms. The highest BCUT2D eigenvalue weighted by Gasteiger charge is 2.34. The van der Waals surface area contributed by atoms with Gasteiger partial charge >= 0.3 is 0 Å². The number of rotatable bonds is 3. The minimum atomic E-state index is -0.426. The predicted octanol–water partition coefficient (Wildman–Crippen LogP) is 1.29. The van der Waals surface area contributed by atoms with Crippen LogP contribution in [-0.4, -0.2) is 41.6 Å². The molecule has 0 radical (unpaired) electrons. The summed E-state index contributed by atoms with van der Waals surface area (Å²) in [7, 11) is 0.